The van der Waals surface area contributed by atoms with E-state index in [0.29, 0.717) is 6.54 Å². The summed E-state index contributed by atoms with van der Waals surface area (Å²) in [6.45, 7) is 4.16. The van der Waals surface area contributed by atoms with Crippen molar-refractivity contribution in [3.05, 3.63) is 21.9 Å². The summed E-state index contributed by atoms with van der Waals surface area (Å²) in [7, 11) is 0. The third-order valence-electron chi connectivity index (χ3n) is 3.23. The van der Waals surface area contributed by atoms with E-state index in [4.69, 9.17) is 5.11 Å². The lowest BCUT2D eigenvalue weighted by Crippen LogP contribution is -2.63. The number of piperazine rings is 1. The molecule has 2 amide bonds. The smallest absolute Gasteiger partial charge is 0.246 e. The highest BCUT2D eigenvalue weighted by Crippen LogP contribution is 2.24. The van der Waals surface area contributed by atoms with Crippen LogP contribution >= 0.6 is 11.3 Å². The van der Waals surface area contributed by atoms with Crippen LogP contribution in [-0.2, 0) is 16.1 Å². The number of hydrogen-bond acceptors (Lipinski definition) is 5. The van der Waals surface area contributed by atoms with Crippen LogP contribution in [0.4, 0.5) is 0 Å². The van der Waals surface area contributed by atoms with Crippen LogP contribution in [0.3, 0.4) is 0 Å². The van der Waals surface area contributed by atoms with Crippen molar-refractivity contribution in [2.24, 2.45) is 0 Å². The fraction of sp³-hybridized carbons (Fsp3) is 0.429. The van der Waals surface area contributed by atoms with Gasteiger partial charge in [-0.3, -0.25) is 19.8 Å². The number of imide groups is 1. The van der Waals surface area contributed by atoms with Gasteiger partial charge in [0.2, 0.25) is 11.8 Å². The number of aliphatic hydroxyl groups excluding tert-OH is 1. The predicted molar refractivity (Wildman–Crippen MR) is 75.9 cm³/mol. The van der Waals surface area contributed by atoms with E-state index in [1.807, 2.05) is 17.0 Å². The molecule has 0 bridgehead atoms. The van der Waals surface area contributed by atoms with E-state index in [9.17, 15) is 9.59 Å². The van der Waals surface area contributed by atoms with Crippen molar-refractivity contribution in [2.75, 3.05) is 13.2 Å². The Labute approximate surface area is 121 Å². The zero-order chi connectivity index (χ0) is 14.8. The van der Waals surface area contributed by atoms with Crippen LogP contribution in [0.1, 0.15) is 23.6 Å². The summed E-state index contributed by atoms with van der Waals surface area (Å²) in [4.78, 5) is 27.1. The zero-order valence-electron chi connectivity index (χ0n) is 11.4. The Morgan fingerprint density at radius 1 is 1.45 bits per heavy atom. The number of thiophene rings is 1. The third kappa shape index (κ3) is 3.07. The van der Waals surface area contributed by atoms with Crippen molar-refractivity contribution in [3.63, 3.8) is 0 Å². The SMILES string of the molecule is CC1(C)C(=O)NC(=O)CN1Cc1ccc(C#CCO)s1. The Hall–Kier alpha value is -1.68. The fourth-order valence-corrected chi connectivity index (χ4v) is 2.83. The second kappa shape index (κ2) is 5.75. The second-order valence-corrected chi connectivity index (χ2v) is 6.19. The van der Waals surface area contributed by atoms with Crippen LogP contribution in [-0.4, -0.2) is 40.5 Å². The molecule has 6 heteroatoms. The van der Waals surface area contributed by atoms with Crippen LogP contribution < -0.4 is 5.32 Å². The average Bonchev–Trinajstić information content (AvgIpc) is 2.81. The molecule has 0 aliphatic carbocycles. The second-order valence-electron chi connectivity index (χ2n) is 5.02. The normalized spacial score (nSPS) is 18.4. The molecule has 20 heavy (non-hydrogen) atoms. The van der Waals surface area contributed by atoms with Gasteiger partial charge in [0.15, 0.2) is 0 Å². The molecule has 2 rings (SSSR count). The maximum absolute atomic E-state index is 11.9. The number of nitrogens with one attached hydrogen (secondary N) is 1. The van der Waals surface area contributed by atoms with Crippen LogP contribution in [0.15, 0.2) is 12.1 Å². The summed E-state index contributed by atoms with van der Waals surface area (Å²) >= 11 is 1.50. The predicted octanol–water partition coefficient (Wildman–Crippen LogP) is 0.329. The molecule has 0 saturated carbocycles. The van der Waals surface area contributed by atoms with Crippen molar-refractivity contribution >= 4 is 23.2 Å². The molecular weight excluding hydrogens is 276 g/mol. The lowest BCUT2D eigenvalue weighted by molar-refractivity contribution is -0.145. The Bertz CT molecular complexity index is 595. The van der Waals surface area contributed by atoms with Crippen molar-refractivity contribution in [3.8, 4) is 11.8 Å². The molecule has 2 N–H and O–H groups in total. The summed E-state index contributed by atoms with van der Waals surface area (Å²) in [5.74, 6) is 4.90. The highest BCUT2D eigenvalue weighted by Gasteiger charge is 2.40. The van der Waals surface area contributed by atoms with Gasteiger partial charge in [-0.05, 0) is 26.0 Å². The van der Waals surface area contributed by atoms with Gasteiger partial charge >= 0.3 is 0 Å². The first-order valence-electron chi connectivity index (χ1n) is 6.21. The summed E-state index contributed by atoms with van der Waals surface area (Å²) in [6.07, 6.45) is 0. The van der Waals surface area contributed by atoms with Gasteiger partial charge in [-0.2, -0.15) is 0 Å². The summed E-state index contributed by atoms with van der Waals surface area (Å²) in [5, 5.41) is 11.0. The quantitative estimate of drug-likeness (QED) is 0.609. The molecule has 1 fully saturated rings. The zero-order valence-corrected chi connectivity index (χ0v) is 12.2. The lowest BCUT2D eigenvalue weighted by atomic mass is 9.98. The van der Waals surface area contributed by atoms with E-state index in [2.05, 4.69) is 17.2 Å². The van der Waals surface area contributed by atoms with Crippen molar-refractivity contribution in [1.29, 1.82) is 0 Å². The van der Waals surface area contributed by atoms with Crippen molar-refractivity contribution < 1.29 is 14.7 Å². The number of carbonyl (C=O) groups is 2. The van der Waals surface area contributed by atoms with E-state index in [1.54, 1.807) is 13.8 Å². The van der Waals surface area contributed by atoms with Crippen molar-refractivity contribution in [1.82, 2.24) is 10.2 Å². The summed E-state index contributed by atoms with van der Waals surface area (Å²) in [6, 6.07) is 3.81. The van der Waals surface area contributed by atoms with Crippen molar-refractivity contribution in [2.45, 2.75) is 25.9 Å². The molecule has 0 spiro atoms. The first-order chi connectivity index (χ1) is 9.43. The molecule has 1 aliphatic heterocycles. The first-order valence-corrected chi connectivity index (χ1v) is 7.03. The fourth-order valence-electron chi connectivity index (χ4n) is 1.93. The molecule has 1 aromatic rings. The molecule has 106 valence electrons. The van der Waals surface area contributed by atoms with Gasteiger partial charge in [0.05, 0.1) is 17.0 Å². The van der Waals surface area contributed by atoms with Crippen LogP contribution in [0.25, 0.3) is 0 Å². The van der Waals surface area contributed by atoms with E-state index in [1.165, 1.54) is 11.3 Å². The molecule has 1 aromatic heterocycles. The maximum Gasteiger partial charge on any atom is 0.246 e. The number of hydrogen-bond donors (Lipinski definition) is 2. The highest BCUT2D eigenvalue weighted by atomic mass is 32.1. The van der Waals surface area contributed by atoms with Gasteiger partial charge < -0.3 is 5.11 Å². The minimum atomic E-state index is -0.713. The first kappa shape index (κ1) is 14.7. The van der Waals surface area contributed by atoms with Crippen LogP contribution in [0.2, 0.25) is 0 Å². The number of amides is 2. The molecule has 5 nitrogen and oxygen atoms in total. The Morgan fingerprint density at radius 2 is 2.20 bits per heavy atom. The molecule has 0 aromatic carbocycles. The monoisotopic (exact) mass is 292 g/mol. The van der Waals surface area contributed by atoms with E-state index in [0.717, 1.165) is 9.75 Å². The Morgan fingerprint density at radius 3 is 2.90 bits per heavy atom. The van der Waals surface area contributed by atoms with Gasteiger partial charge in [0.25, 0.3) is 0 Å². The molecule has 2 heterocycles. The average molecular weight is 292 g/mol. The number of aliphatic hydroxyl groups is 1. The van der Waals surface area contributed by atoms with E-state index < -0.39 is 5.54 Å². The minimum absolute atomic E-state index is 0.166. The lowest BCUT2D eigenvalue weighted by Gasteiger charge is -2.39. The van der Waals surface area contributed by atoms with E-state index >= 15 is 0 Å². The van der Waals surface area contributed by atoms with E-state index in [-0.39, 0.29) is 25.0 Å². The Balaban J connectivity index is 2.13. The Kier molecular flexibility index (Phi) is 4.23. The number of nitrogens with zero attached hydrogens (tertiary/aromatic N) is 1. The summed E-state index contributed by atoms with van der Waals surface area (Å²) in [5.41, 5.74) is -0.713. The topological polar surface area (TPSA) is 69.6 Å². The van der Waals surface area contributed by atoms with Crippen LogP contribution in [0, 0.1) is 11.8 Å². The van der Waals surface area contributed by atoms with Crippen LogP contribution in [0.5, 0.6) is 0 Å². The maximum atomic E-state index is 11.9. The number of rotatable bonds is 2. The summed E-state index contributed by atoms with van der Waals surface area (Å²) < 4.78 is 0. The standard InChI is InChI=1S/C14H16N2O3S/c1-14(2)13(19)15-12(18)9-16(14)8-11-6-5-10(20-11)4-3-7-17/h5-6,17H,7-9H2,1-2H3,(H,15,18,19). The number of carbonyl (C=O) groups excluding carboxylic acids is 2. The largest absolute Gasteiger partial charge is 0.384 e. The van der Waals surface area contributed by atoms with Gasteiger partial charge in [0.1, 0.15) is 6.61 Å². The molecule has 0 unspecified atom stereocenters. The minimum Gasteiger partial charge on any atom is -0.384 e. The molecule has 1 saturated heterocycles. The highest BCUT2D eigenvalue weighted by molar-refractivity contribution is 7.12. The van der Waals surface area contributed by atoms with Gasteiger partial charge in [-0.25, -0.2) is 0 Å². The van der Waals surface area contributed by atoms with Gasteiger partial charge in [-0.1, -0.05) is 11.8 Å². The van der Waals surface area contributed by atoms with Gasteiger partial charge in [0, 0.05) is 11.4 Å². The van der Waals surface area contributed by atoms with Gasteiger partial charge in [-0.15, -0.1) is 11.3 Å². The molecule has 1 aliphatic rings. The molecular formula is C14H16N2O3S. The molecule has 0 atom stereocenters. The third-order valence-corrected chi connectivity index (χ3v) is 4.22. The molecule has 0 radical (unpaired) electrons.